The van der Waals surface area contributed by atoms with E-state index in [0.29, 0.717) is 6.42 Å². The number of hydrogen-bond acceptors (Lipinski definition) is 2. The first-order valence-corrected chi connectivity index (χ1v) is 5.89. The van der Waals surface area contributed by atoms with Gasteiger partial charge in [-0.1, -0.05) is 37.3 Å². The summed E-state index contributed by atoms with van der Waals surface area (Å²) >= 11 is 0. The Morgan fingerprint density at radius 1 is 1.28 bits per heavy atom. The highest BCUT2D eigenvalue weighted by atomic mass is 16.4. The summed E-state index contributed by atoms with van der Waals surface area (Å²) in [7, 11) is 0. The molecule has 0 saturated carbocycles. The Kier molecular flexibility index (Phi) is 3.72. The van der Waals surface area contributed by atoms with E-state index in [2.05, 4.69) is 4.98 Å². The Morgan fingerprint density at radius 2 is 2.00 bits per heavy atom. The summed E-state index contributed by atoms with van der Waals surface area (Å²) in [6.07, 6.45) is 4.01. The van der Waals surface area contributed by atoms with Crippen molar-refractivity contribution < 1.29 is 9.90 Å². The van der Waals surface area contributed by atoms with Gasteiger partial charge in [-0.25, -0.2) is 0 Å². The van der Waals surface area contributed by atoms with Gasteiger partial charge in [0.25, 0.3) is 0 Å². The molecule has 1 heterocycles. The van der Waals surface area contributed by atoms with Crippen molar-refractivity contribution in [2.45, 2.75) is 13.3 Å². The Hall–Kier alpha value is -2.16. The normalized spacial score (nSPS) is 12.1. The molecule has 2 aromatic rings. The maximum Gasteiger partial charge on any atom is 0.306 e. The van der Waals surface area contributed by atoms with Crippen LogP contribution in [-0.4, -0.2) is 16.1 Å². The second kappa shape index (κ2) is 5.45. The Labute approximate surface area is 106 Å². The third-order valence-corrected chi connectivity index (χ3v) is 2.94. The number of aromatic nitrogens is 1. The molecule has 0 spiro atoms. The molecule has 1 atom stereocenters. The summed E-state index contributed by atoms with van der Waals surface area (Å²) in [6, 6.07) is 11.8. The van der Waals surface area contributed by atoms with Gasteiger partial charge in [0.2, 0.25) is 0 Å². The zero-order valence-corrected chi connectivity index (χ0v) is 10.2. The minimum Gasteiger partial charge on any atom is -0.481 e. The van der Waals surface area contributed by atoms with Crippen LogP contribution < -0.4 is 0 Å². The van der Waals surface area contributed by atoms with Gasteiger partial charge in [0, 0.05) is 18.0 Å². The van der Waals surface area contributed by atoms with Crippen molar-refractivity contribution in [3.8, 4) is 11.1 Å². The van der Waals surface area contributed by atoms with E-state index in [0.717, 1.165) is 16.7 Å². The van der Waals surface area contributed by atoms with Crippen molar-refractivity contribution >= 4 is 5.97 Å². The van der Waals surface area contributed by atoms with Gasteiger partial charge in [0.15, 0.2) is 0 Å². The highest BCUT2D eigenvalue weighted by molar-refractivity contribution is 5.72. The minimum atomic E-state index is -0.772. The van der Waals surface area contributed by atoms with Crippen molar-refractivity contribution in [1.82, 2.24) is 4.98 Å². The van der Waals surface area contributed by atoms with E-state index >= 15 is 0 Å². The van der Waals surface area contributed by atoms with Gasteiger partial charge in [-0.05, 0) is 23.6 Å². The molecule has 0 saturated heterocycles. The van der Waals surface area contributed by atoms with Crippen LogP contribution in [0.2, 0.25) is 0 Å². The average molecular weight is 241 g/mol. The second-order valence-corrected chi connectivity index (χ2v) is 4.34. The van der Waals surface area contributed by atoms with Gasteiger partial charge in [-0.15, -0.1) is 0 Å². The summed E-state index contributed by atoms with van der Waals surface area (Å²) in [5.74, 6) is -1.17. The first-order chi connectivity index (χ1) is 8.68. The molecule has 0 aliphatic heterocycles. The monoisotopic (exact) mass is 241 g/mol. The van der Waals surface area contributed by atoms with Crippen LogP contribution in [0.4, 0.5) is 0 Å². The summed E-state index contributed by atoms with van der Waals surface area (Å²) in [5.41, 5.74) is 3.09. The molecule has 3 nitrogen and oxygen atoms in total. The molecule has 1 aromatic heterocycles. The van der Waals surface area contributed by atoms with Gasteiger partial charge in [-0.2, -0.15) is 0 Å². The standard InChI is InChI=1S/C15H15NO2/c1-11(15(17)18)9-13-7-8-16-10-14(13)12-5-3-2-4-6-12/h2-8,10-11H,9H2,1H3,(H,17,18). The molecular weight excluding hydrogens is 226 g/mol. The fourth-order valence-corrected chi connectivity index (χ4v) is 1.90. The molecule has 1 unspecified atom stereocenters. The average Bonchev–Trinajstić information content (AvgIpc) is 2.40. The highest BCUT2D eigenvalue weighted by Gasteiger charge is 2.14. The zero-order chi connectivity index (χ0) is 13.0. The van der Waals surface area contributed by atoms with E-state index < -0.39 is 11.9 Å². The summed E-state index contributed by atoms with van der Waals surface area (Å²) < 4.78 is 0. The Balaban J connectivity index is 2.35. The Morgan fingerprint density at radius 3 is 2.67 bits per heavy atom. The van der Waals surface area contributed by atoms with Crippen LogP contribution in [0.5, 0.6) is 0 Å². The van der Waals surface area contributed by atoms with Gasteiger partial charge in [0.05, 0.1) is 5.92 Å². The third-order valence-electron chi connectivity index (χ3n) is 2.94. The van der Waals surface area contributed by atoms with Crippen LogP contribution >= 0.6 is 0 Å². The van der Waals surface area contributed by atoms with Crippen molar-refractivity contribution in [3.63, 3.8) is 0 Å². The molecule has 1 N–H and O–H groups in total. The van der Waals surface area contributed by atoms with E-state index in [1.807, 2.05) is 36.4 Å². The van der Waals surface area contributed by atoms with Crippen molar-refractivity contribution in [1.29, 1.82) is 0 Å². The fourth-order valence-electron chi connectivity index (χ4n) is 1.90. The van der Waals surface area contributed by atoms with E-state index in [4.69, 9.17) is 5.11 Å². The van der Waals surface area contributed by atoms with Crippen LogP contribution in [0.15, 0.2) is 48.8 Å². The number of nitrogens with zero attached hydrogens (tertiary/aromatic N) is 1. The van der Waals surface area contributed by atoms with Crippen molar-refractivity contribution in [2.75, 3.05) is 0 Å². The zero-order valence-electron chi connectivity index (χ0n) is 10.2. The first kappa shape index (κ1) is 12.3. The Bertz CT molecular complexity index is 537. The second-order valence-electron chi connectivity index (χ2n) is 4.34. The van der Waals surface area contributed by atoms with Crippen LogP contribution in [0.1, 0.15) is 12.5 Å². The first-order valence-electron chi connectivity index (χ1n) is 5.89. The molecule has 0 bridgehead atoms. The molecule has 92 valence electrons. The molecule has 3 heteroatoms. The maximum absolute atomic E-state index is 10.9. The van der Waals surface area contributed by atoms with Crippen LogP contribution in [0, 0.1) is 5.92 Å². The smallest absolute Gasteiger partial charge is 0.306 e. The number of pyridine rings is 1. The van der Waals surface area contributed by atoms with E-state index in [1.54, 1.807) is 19.3 Å². The van der Waals surface area contributed by atoms with E-state index in [-0.39, 0.29) is 0 Å². The number of rotatable bonds is 4. The highest BCUT2D eigenvalue weighted by Crippen LogP contribution is 2.24. The van der Waals surface area contributed by atoms with Gasteiger partial charge < -0.3 is 5.11 Å². The third kappa shape index (κ3) is 2.74. The maximum atomic E-state index is 10.9. The number of carboxylic acids is 1. The molecule has 0 fully saturated rings. The minimum absolute atomic E-state index is 0.394. The predicted molar refractivity (Wildman–Crippen MR) is 70.2 cm³/mol. The molecule has 18 heavy (non-hydrogen) atoms. The molecule has 0 amide bonds. The van der Waals surface area contributed by atoms with Crippen LogP contribution in [0.25, 0.3) is 11.1 Å². The molecule has 0 aliphatic rings. The molecule has 2 rings (SSSR count). The predicted octanol–water partition coefficient (Wildman–Crippen LogP) is 3.01. The molecule has 1 aromatic carbocycles. The lowest BCUT2D eigenvalue weighted by molar-refractivity contribution is -0.141. The number of carbonyl (C=O) groups is 1. The summed E-state index contributed by atoms with van der Waals surface area (Å²) in [6.45, 7) is 1.72. The SMILES string of the molecule is CC(Cc1ccncc1-c1ccccc1)C(=O)O. The van der Waals surface area contributed by atoms with Crippen molar-refractivity contribution in [3.05, 3.63) is 54.4 Å². The van der Waals surface area contributed by atoms with E-state index in [9.17, 15) is 4.79 Å². The van der Waals surface area contributed by atoms with Gasteiger partial charge in [0.1, 0.15) is 0 Å². The summed E-state index contributed by atoms with van der Waals surface area (Å²) in [4.78, 5) is 15.1. The molecule has 0 radical (unpaired) electrons. The van der Waals surface area contributed by atoms with Gasteiger partial charge in [-0.3, -0.25) is 9.78 Å². The molecular formula is C15H15NO2. The lowest BCUT2D eigenvalue weighted by atomic mass is 9.95. The van der Waals surface area contributed by atoms with E-state index in [1.165, 1.54) is 0 Å². The van der Waals surface area contributed by atoms with Crippen molar-refractivity contribution in [2.24, 2.45) is 5.92 Å². The number of carboxylic acid groups (broad SMARTS) is 1. The van der Waals surface area contributed by atoms with Gasteiger partial charge >= 0.3 is 5.97 Å². The topological polar surface area (TPSA) is 50.2 Å². The lowest BCUT2D eigenvalue weighted by Crippen LogP contribution is -2.12. The summed E-state index contributed by atoms with van der Waals surface area (Å²) in [5, 5.41) is 8.99. The number of benzene rings is 1. The lowest BCUT2D eigenvalue weighted by Gasteiger charge is -2.11. The number of aliphatic carboxylic acids is 1. The quantitative estimate of drug-likeness (QED) is 0.895. The molecule has 0 aliphatic carbocycles. The van der Waals surface area contributed by atoms with Crippen LogP contribution in [-0.2, 0) is 11.2 Å². The number of hydrogen-bond donors (Lipinski definition) is 1. The largest absolute Gasteiger partial charge is 0.481 e. The fraction of sp³-hybridized carbons (Fsp3) is 0.200. The van der Waals surface area contributed by atoms with Crippen LogP contribution in [0.3, 0.4) is 0 Å².